The first-order chi connectivity index (χ1) is 11.8. The molecule has 0 bridgehead atoms. The van der Waals surface area contributed by atoms with Crippen molar-refractivity contribution in [3.63, 3.8) is 0 Å². The number of aryl methyl sites for hydroxylation is 1. The van der Waals surface area contributed by atoms with Crippen molar-refractivity contribution in [1.82, 2.24) is 20.2 Å². The van der Waals surface area contributed by atoms with Crippen LogP contribution in [0.15, 0.2) is 48.5 Å². The number of rotatable bonds is 3. The van der Waals surface area contributed by atoms with Gasteiger partial charge in [0.25, 0.3) is 5.91 Å². The number of amides is 1. The number of nitrogens with one attached hydrogen (secondary N) is 1. The summed E-state index contributed by atoms with van der Waals surface area (Å²) in [6.07, 6.45) is -4.44. The maximum Gasteiger partial charge on any atom is 0.416 e. The van der Waals surface area contributed by atoms with Gasteiger partial charge in [0.15, 0.2) is 5.82 Å². The van der Waals surface area contributed by atoms with Gasteiger partial charge >= 0.3 is 6.18 Å². The molecule has 3 aromatic rings. The van der Waals surface area contributed by atoms with E-state index in [1.165, 1.54) is 4.68 Å². The number of carbonyl (C=O) groups is 1. The van der Waals surface area contributed by atoms with Crippen molar-refractivity contribution in [2.75, 3.05) is 5.32 Å². The summed E-state index contributed by atoms with van der Waals surface area (Å²) in [5.74, 6) is 0.00703. The van der Waals surface area contributed by atoms with Crippen LogP contribution >= 0.6 is 0 Å². The second-order valence-electron chi connectivity index (χ2n) is 5.24. The topological polar surface area (TPSA) is 72.7 Å². The quantitative estimate of drug-likeness (QED) is 0.790. The molecule has 0 saturated heterocycles. The number of aromatic nitrogens is 4. The molecule has 3 rings (SSSR count). The average Bonchev–Trinajstić information content (AvgIpc) is 3.00. The lowest BCUT2D eigenvalue weighted by atomic mass is 10.1. The normalized spacial score (nSPS) is 11.4. The molecule has 1 amide bonds. The number of benzene rings is 2. The third kappa shape index (κ3) is 3.65. The molecule has 1 N–H and O–H groups in total. The Balaban J connectivity index is 1.78. The molecule has 9 heteroatoms. The number of hydrogen-bond acceptors (Lipinski definition) is 4. The van der Waals surface area contributed by atoms with Crippen molar-refractivity contribution < 1.29 is 18.0 Å². The highest BCUT2D eigenvalue weighted by Gasteiger charge is 2.30. The second kappa shape index (κ2) is 6.34. The Hall–Kier alpha value is -3.23. The Morgan fingerprint density at radius 3 is 2.44 bits per heavy atom. The zero-order valence-corrected chi connectivity index (χ0v) is 12.9. The average molecular weight is 347 g/mol. The van der Waals surface area contributed by atoms with Crippen molar-refractivity contribution in [2.24, 2.45) is 7.05 Å². The van der Waals surface area contributed by atoms with Gasteiger partial charge in [0.1, 0.15) is 0 Å². The van der Waals surface area contributed by atoms with Crippen LogP contribution in [0.5, 0.6) is 0 Å². The van der Waals surface area contributed by atoms with E-state index in [0.29, 0.717) is 17.1 Å². The molecular formula is C16H12F3N5O. The predicted octanol–water partition coefficient (Wildman–Crippen LogP) is 3.15. The first-order valence-electron chi connectivity index (χ1n) is 7.16. The van der Waals surface area contributed by atoms with E-state index in [1.54, 1.807) is 31.3 Å². The van der Waals surface area contributed by atoms with Crippen LogP contribution in [0.2, 0.25) is 0 Å². The van der Waals surface area contributed by atoms with Crippen molar-refractivity contribution in [2.45, 2.75) is 6.18 Å². The van der Waals surface area contributed by atoms with E-state index in [-0.39, 0.29) is 5.56 Å². The molecular weight excluding hydrogens is 335 g/mol. The first-order valence-corrected chi connectivity index (χ1v) is 7.16. The Labute approximate surface area is 140 Å². The molecule has 0 aliphatic rings. The van der Waals surface area contributed by atoms with E-state index in [2.05, 4.69) is 20.8 Å². The Bertz CT molecular complexity index is 903. The molecule has 1 aromatic heterocycles. The summed E-state index contributed by atoms with van der Waals surface area (Å²) < 4.78 is 39.2. The summed E-state index contributed by atoms with van der Waals surface area (Å²) in [4.78, 5) is 12.2. The molecule has 1 heterocycles. The Morgan fingerprint density at radius 1 is 1.12 bits per heavy atom. The molecule has 0 unspecified atom stereocenters. The number of alkyl halides is 3. The van der Waals surface area contributed by atoms with Crippen LogP contribution in [0, 0.1) is 0 Å². The van der Waals surface area contributed by atoms with Gasteiger partial charge in [-0.05, 0) is 46.8 Å². The highest BCUT2D eigenvalue weighted by atomic mass is 19.4. The third-order valence-electron chi connectivity index (χ3n) is 3.47. The van der Waals surface area contributed by atoms with Crippen molar-refractivity contribution in [3.8, 4) is 11.4 Å². The van der Waals surface area contributed by atoms with E-state index in [0.717, 1.165) is 24.3 Å². The second-order valence-corrected chi connectivity index (χ2v) is 5.24. The smallest absolute Gasteiger partial charge is 0.322 e. The maximum absolute atomic E-state index is 12.6. The molecule has 0 aliphatic carbocycles. The number of hydrogen-bond donors (Lipinski definition) is 1. The number of anilines is 1. The van der Waals surface area contributed by atoms with Gasteiger partial charge in [-0.2, -0.15) is 13.2 Å². The summed E-state index contributed by atoms with van der Waals surface area (Å²) in [7, 11) is 1.68. The Kier molecular flexibility index (Phi) is 4.22. The molecule has 0 radical (unpaired) electrons. The van der Waals surface area contributed by atoms with Gasteiger partial charge < -0.3 is 5.32 Å². The van der Waals surface area contributed by atoms with Gasteiger partial charge in [-0.15, -0.1) is 5.10 Å². The minimum Gasteiger partial charge on any atom is -0.322 e. The molecule has 0 atom stereocenters. The minimum atomic E-state index is -4.44. The van der Waals surface area contributed by atoms with Gasteiger partial charge in [0.2, 0.25) is 0 Å². The van der Waals surface area contributed by atoms with Crippen LogP contribution in [-0.2, 0) is 13.2 Å². The maximum atomic E-state index is 12.6. The van der Waals surface area contributed by atoms with E-state index in [9.17, 15) is 18.0 Å². The SMILES string of the molecule is Cn1nnnc1-c1cccc(NC(=O)c2ccc(C(F)(F)F)cc2)c1. The molecule has 25 heavy (non-hydrogen) atoms. The van der Waals surface area contributed by atoms with E-state index in [1.807, 2.05) is 0 Å². The van der Waals surface area contributed by atoms with Gasteiger partial charge in [-0.25, -0.2) is 4.68 Å². The van der Waals surface area contributed by atoms with Crippen LogP contribution in [0.25, 0.3) is 11.4 Å². The number of carbonyl (C=O) groups excluding carboxylic acids is 1. The molecule has 0 saturated carbocycles. The van der Waals surface area contributed by atoms with Crippen LogP contribution in [0.1, 0.15) is 15.9 Å². The zero-order valence-electron chi connectivity index (χ0n) is 12.9. The van der Waals surface area contributed by atoms with Crippen LogP contribution in [0.4, 0.5) is 18.9 Å². The fourth-order valence-corrected chi connectivity index (χ4v) is 2.22. The van der Waals surface area contributed by atoms with Gasteiger partial charge in [0.05, 0.1) is 5.56 Å². The largest absolute Gasteiger partial charge is 0.416 e. The summed E-state index contributed by atoms with van der Waals surface area (Å²) in [6.45, 7) is 0. The number of halogens is 3. The molecule has 0 aliphatic heterocycles. The highest BCUT2D eigenvalue weighted by Crippen LogP contribution is 2.29. The summed E-state index contributed by atoms with van der Waals surface area (Å²) in [6, 6.07) is 10.8. The summed E-state index contributed by atoms with van der Waals surface area (Å²) >= 11 is 0. The predicted molar refractivity (Wildman–Crippen MR) is 83.6 cm³/mol. The van der Waals surface area contributed by atoms with Gasteiger partial charge in [0, 0.05) is 23.9 Å². The Morgan fingerprint density at radius 2 is 1.84 bits per heavy atom. The molecule has 128 valence electrons. The number of nitrogens with zero attached hydrogens (tertiary/aromatic N) is 4. The standard InChI is InChI=1S/C16H12F3N5O/c1-24-14(21-22-23-24)11-3-2-4-13(9-11)20-15(25)10-5-7-12(8-6-10)16(17,18)19/h2-9H,1H3,(H,20,25). The first kappa shape index (κ1) is 16.6. The summed E-state index contributed by atoms with van der Waals surface area (Å²) in [5, 5.41) is 13.8. The molecule has 2 aromatic carbocycles. The monoisotopic (exact) mass is 347 g/mol. The lowest BCUT2D eigenvalue weighted by Crippen LogP contribution is -2.13. The third-order valence-corrected chi connectivity index (χ3v) is 3.47. The lowest BCUT2D eigenvalue weighted by Gasteiger charge is -2.09. The van der Waals surface area contributed by atoms with Crippen molar-refractivity contribution in [3.05, 3.63) is 59.7 Å². The van der Waals surface area contributed by atoms with Gasteiger partial charge in [-0.3, -0.25) is 4.79 Å². The van der Waals surface area contributed by atoms with E-state index in [4.69, 9.17) is 0 Å². The molecule has 0 spiro atoms. The minimum absolute atomic E-state index is 0.124. The number of tetrazole rings is 1. The summed E-state index contributed by atoms with van der Waals surface area (Å²) in [5.41, 5.74) is 0.489. The van der Waals surface area contributed by atoms with Crippen LogP contribution < -0.4 is 5.32 Å². The fraction of sp³-hybridized carbons (Fsp3) is 0.125. The zero-order chi connectivity index (χ0) is 18.0. The molecule has 6 nitrogen and oxygen atoms in total. The van der Waals surface area contributed by atoms with Crippen molar-refractivity contribution in [1.29, 1.82) is 0 Å². The lowest BCUT2D eigenvalue weighted by molar-refractivity contribution is -0.137. The van der Waals surface area contributed by atoms with Crippen molar-refractivity contribution >= 4 is 11.6 Å². The highest BCUT2D eigenvalue weighted by molar-refractivity contribution is 6.04. The van der Waals surface area contributed by atoms with E-state index >= 15 is 0 Å². The molecule has 0 fully saturated rings. The van der Waals surface area contributed by atoms with Crippen LogP contribution in [-0.4, -0.2) is 26.1 Å². The van der Waals surface area contributed by atoms with E-state index < -0.39 is 17.6 Å². The van der Waals surface area contributed by atoms with Crippen LogP contribution in [0.3, 0.4) is 0 Å². The van der Waals surface area contributed by atoms with Gasteiger partial charge in [-0.1, -0.05) is 12.1 Å². The fourth-order valence-electron chi connectivity index (χ4n) is 2.22.